The molecule has 0 aliphatic rings. The molecule has 0 aromatic heterocycles. The normalized spacial score (nSPS) is 12.1. The molecule has 1 unspecified atom stereocenters. The number of benzene rings is 1. The predicted molar refractivity (Wildman–Crippen MR) is 54.6 cm³/mol. The number of methoxy groups -OCH3 is 1. The van der Waals surface area contributed by atoms with Gasteiger partial charge in [-0.3, -0.25) is 5.32 Å². The van der Waals surface area contributed by atoms with E-state index in [1.165, 1.54) is 19.2 Å². The van der Waals surface area contributed by atoms with E-state index in [1.807, 2.05) is 6.07 Å². The molecule has 0 fully saturated rings. The van der Waals surface area contributed by atoms with Gasteiger partial charge in [0, 0.05) is 19.2 Å². The van der Waals surface area contributed by atoms with E-state index in [2.05, 4.69) is 5.32 Å². The van der Waals surface area contributed by atoms with Crippen LogP contribution in [0.2, 0.25) is 0 Å². The standard InChI is InChI=1S/C11H12F2N2O/c1-16-6-5-15-10(7-14)8-3-2-4-9(12)11(8)13/h2-4,10,15H,5-6H2,1H3. The molecule has 0 heterocycles. The number of nitrogens with one attached hydrogen (secondary N) is 1. The third-order valence-corrected chi connectivity index (χ3v) is 2.08. The summed E-state index contributed by atoms with van der Waals surface area (Å²) in [4.78, 5) is 0. The second-order valence-corrected chi connectivity index (χ2v) is 3.15. The van der Waals surface area contributed by atoms with Crippen molar-refractivity contribution in [1.82, 2.24) is 5.32 Å². The first-order valence-corrected chi connectivity index (χ1v) is 4.76. The summed E-state index contributed by atoms with van der Waals surface area (Å²) in [7, 11) is 1.52. The summed E-state index contributed by atoms with van der Waals surface area (Å²) in [6.45, 7) is 0.791. The van der Waals surface area contributed by atoms with E-state index in [1.54, 1.807) is 0 Å². The molecular weight excluding hydrogens is 214 g/mol. The molecule has 0 aliphatic carbocycles. The molecule has 0 radical (unpaired) electrons. The molecule has 0 aliphatic heterocycles. The SMILES string of the molecule is COCCNC(C#N)c1cccc(F)c1F. The molecule has 1 rings (SSSR count). The van der Waals surface area contributed by atoms with Crippen molar-refractivity contribution in [2.24, 2.45) is 0 Å². The van der Waals surface area contributed by atoms with Gasteiger partial charge < -0.3 is 4.74 Å². The van der Waals surface area contributed by atoms with Crippen molar-refractivity contribution in [1.29, 1.82) is 5.26 Å². The van der Waals surface area contributed by atoms with Crippen LogP contribution in [-0.4, -0.2) is 20.3 Å². The Morgan fingerprint density at radius 3 is 2.88 bits per heavy atom. The summed E-state index contributed by atoms with van der Waals surface area (Å²) in [5.41, 5.74) is 0.0126. The van der Waals surface area contributed by atoms with Crippen LogP contribution in [0, 0.1) is 23.0 Å². The first-order valence-electron chi connectivity index (χ1n) is 4.76. The number of ether oxygens (including phenoxy) is 1. The first kappa shape index (κ1) is 12.6. The molecule has 0 spiro atoms. The molecule has 0 saturated heterocycles. The molecule has 3 nitrogen and oxygen atoms in total. The number of halogens is 2. The van der Waals surface area contributed by atoms with Gasteiger partial charge in [-0.05, 0) is 6.07 Å². The minimum atomic E-state index is -0.987. The maximum atomic E-state index is 13.4. The van der Waals surface area contributed by atoms with Crippen molar-refractivity contribution in [2.75, 3.05) is 20.3 Å². The molecule has 0 saturated carbocycles. The lowest BCUT2D eigenvalue weighted by molar-refractivity contribution is 0.197. The lowest BCUT2D eigenvalue weighted by atomic mass is 10.1. The second-order valence-electron chi connectivity index (χ2n) is 3.15. The highest BCUT2D eigenvalue weighted by molar-refractivity contribution is 5.26. The Labute approximate surface area is 92.6 Å². The van der Waals surface area contributed by atoms with Crippen LogP contribution in [0.5, 0.6) is 0 Å². The third kappa shape index (κ3) is 2.99. The van der Waals surface area contributed by atoms with E-state index in [-0.39, 0.29) is 5.56 Å². The fourth-order valence-corrected chi connectivity index (χ4v) is 1.27. The Morgan fingerprint density at radius 2 is 2.25 bits per heavy atom. The Kier molecular flexibility index (Phi) is 4.83. The Bertz CT molecular complexity index is 390. The topological polar surface area (TPSA) is 45.0 Å². The van der Waals surface area contributed by atoms with Crippen molar-refractivity contribution < 1.29 is 13.5 Å². The summed E-state index contributed by atoms with van der Waals surface area (Å²) in [6.07, 6.45) is 0. The van der Waals surface area contributed by atoms with E-state index in [0.717, 1.165) is 6.07 Å². The number of hydrogen-bond donors (Lipinski definition) is 1. The first-order chi connectivity index (χ1) is 7.70. The number of hydrogen-bond acceptors (Lipinski definition) is 3. The Balaban J connectivity index is 2.80. The van der Waals surface area contributed by atoms with Crippen LogP contribution in [0.4, 0.5) is 8.78 Å². The van der Waals surface area contributed by atoms with Crippen molar-refractivity contribution >= 4 is 0 Å². The summed E-state index contributed by atoms with van der Waals surface area (Å²) in [5.74, 6) is -1.94. The highest BCUT2D eigenvalue weighted by atomic mass is 19.2. The summed E-state index contributed by atoms with van der Waals surface area (Å²) in [5, 5.41) is 11.6. The van der Waals surface area contributed by atoms with Crippen molar-refractivity contribution in [3.8, 4) is 6.07 Å². The van der Waals surface area contributed by atoms with Crippen LogP contribution in [0.15, 0.2) is 18.2 Å². The quantitative estimate of drug-likeness (QED) is 0.778. The van der Waals surface area contributed by atoms with Crippen LogP contribution in [0.25, 0.3) is 0 Å². The molecule has 1 atom stereocenters. The molecule has 5 heteroatoms. The fraction of sp³-hybridized carbons (Fsp3) is 0.364. The van der Waals surface area contributed by atoms with Gasteiger partial charge in [-0.2, -0.15) is 5.26 Å². The second kappa shape index (κ2) is 6.16. The van der Waals surface area contributed by atoms with Crippen LogP contribution < -0.4 is 5.32 Å². The average Bonchev–Trinajstić information content (AvgIpc) is 2.29. The third-order valence-electron chi connectivity index (χ3n) is 2.08. The van der Waals surface area contributed by atoms with Gasteiger partial charge in [-0.1, -0.05) is 12.1 Å². The monoisotopic (exact) mass is 226 g/mol. The van der Waals surface area contributed by atoms with Gasteiger partial charge in [-0.15, -0.1) is 0 Å². The smallest absolute Gasteiger partial charge is 0.164 e. The van der Waals surface area contributed by atoms with E-state index >= 15 is 0 Å². The summed E-state index contributed by atoms with van der Waals surface area (Å²) < 4.78 is 31.1. The number of nitriles is 1. The van der Waals surface area contributed by atoms with Crippen LogP contribution in [-0.2, 0) is 4.74 Å². The van der Waals surface area contributed by atoms with E-state index in [4.69, 9.17) is 10.00 Å². The molecule has 1 aromatic carbocycles. The zero-order chi connectivity index (χ0) is 12.0. The zero-order valence-electron chi connectivity index (χ0n) is 8.84. The van der Waals surface area contributed by atoms with Gasteiger partial charge in [0.25, 0.3) is 0 Å². The minimum Gasteiger partial charge on any atom is -0.383 e. The van der Waals surface area contributed by atoms with E-state index < -0.39 is 17.7 Å². The molecule has 0 bridgehead atoms. The van der Waals surface area contributed by atoms with Gasteiger partial charge in [0.15, 0.2) is 11.6 Å². The van der Waals surface area contributed by atoms with Gasteiger partial charge in [-0.25, -0.2) is 8.78 Å². The largest absolute Gasteiger partial charge is 0.383 e. The maximum Gasteiger partial charge on any atom is 0.164 e. The molecule has 0 amide bonds. The molecule has 86 valence electrons. The lowest BCUT2D eigenvalue weighted by Crippen LogP contribution is -2.24. The molecule has 1 aromatic rings. The van der Waals surface area contributed by atoms with Gasteiger partial charge in [0.1, 0.15) is 6.04 Å². The number of nitrogens with zero attached hydrogens (tertiary/aromatic N) is 1. The average molecular weight is 226 g/mol. The van der Waals surface area contributed by atoms with E-state index in [9.17, 15) is 8.78 Å². The molecular formula is C11H12F2N2O. The highest BCUT2D eigenvalue weighted by Crippen LogP contribution is 2.18. The van der Waals surface area contributed by atoms with Gasteiger partial charge in [0.05, 0.1) is 12.7 Å². The van der Waals surface area contributed by atoms with Crippen LogP contribution >= 0.6 is 0 Å². The van der Waals surface area contributed by atoms with E-state index in [0.29, 0.717) is 13.2 Å². The van der Waals surface area contributed by atoms with Crippen LogP contribution in [0.1, 0.15) is 11.6 Å². The summed E-state index contributed by atoms with van der Waals surface area (Å²) >= 11 is 0. The number of rotatable bonds is 5. The van der Waals surface area contributed by atoms with Crippen molar-refractivity contribution in [3.05, 3.63) is 35.4 Å². The van der Waals surface area contributed by atoms with Gasteiger partial charge >= 0.3 is 0 Å². The Morgan fingerprint density at radius 1 is 1.50 bits per heavy atom. The predicted octanol–water partition coefficient (Wildman–Crippen LogP) is 1.77. The zero-order valence-corrected chi connectivity index (χ0v) is 8.84. The highest BCUT2D eigenvalue weighted by Gasteiger charge is 2.16. The van der Waals surface area contributed by atoms with Gasteiger partial charge in [0.2, 0.25) is 0 Å². The van der Waals surface area contributed by atoms with Crippen LogP contribution in [0.3, 0.4) is 0 Å². The molecule has 16 heavy (non-hydrogen) atoms. The van der Waals surface area contributed by atoms with Crippen molar-refractivity contribution in [2.45, 2.75) is 6.04 Å². The minimum absolute atomic E-state index is 0.0126. The fourth-order valence-electron chi connectivity index (χ4n) is 1.27. The van der Waals surface area contributed by atoms with Crippen molar-refractivity contribution in [3.63, 3.8) is 0 Å². The maximum absolute atomic E-state index is 13.4. The Hall–Kier alpha value is -1.51. The lowest BCUT2D eigenvalue weighted by Gasteiger charge is -2.12. The summed E-state index contributed by atoms with van der Waals surface area (Å²) in [6, 6.07) is 4.77. The molecule has 1 N–H and O–H groups in total.